The molecule has 2 N–H and O–H groups in total. The molecule has 0 amide bonds. The van der Waals surface area contributed by atoms with E-state index in [1.807, 2.05) is 0 Å². The van der Waals surface area contributed by atoms with Gasteiger partial charge in [0.25, 0.3) is 0 Å². The number of rotatable bonds is 4. The van der Waals surface area contributed by atoms with E-state index in [4.69, 9.17) is 10.2 Å². The van der Waals surface area contributed by atoms with Crippen molar-refractivity contribution in [3.05, 3.63) is 0 Å². The van der Waals surface area contributed by atoms with E-state index in [9.17, 15) is 9.90 Å². The molecular formula is C5H9CsO4. The molecule has 0 rings (SSSR count). The smallest absolute Gasteiger partial charge is 0.550 e. The monoisotopic (exact) mass is 266 g/mol. The predicted octanol–water partition coefficient (Wildman–Crippen LogP) is -5.27. The van der Waals surface area contributed by atoms with Crippen LogP contribution in [0.1, 0.15) is 6.42 Å². The molecule has 0 fully saturated rings. The molecule has 0 aromatic heterocycles. The van der Waals surface area contributed by atoms with Gasteiger partial charge in [-0.3, -0.25) is 0 Å². The largest absolute Gasteiger partial charge is 1.00 e. The third kappa shape index (κ3) is 6.17. The molecule has 10 heavy (non-hydrogen) atoms. The fraction of sp³-hybridized carbons (Fsp3) is 0.800. The van der Waals surface area contributed by atoms with Crippen molar-refractivity contribution in [2.45, 2.75) is 6.42 Å². The Morgan fingerprint density at radius 2 is 2.00 bits per heavy atom. The normalized spacial score (nSPS) is 11.8. The zero-order chi connectivity index (χ0) is 7.28. The average Bonchev–Trinajstić information content (AvgIpc) is 1.82. The van der Waals surface area contributed by atoms with Gasteiger partial charge in [-0.05, 0) is 6.42 Å². The zero-order valence-electron chi connectivity index (χ0n) is 5.91. The van der Waals surface area contributed by atoms with Gasteiger partial charge in [0.1, 0.15) is 0 Å². The van der Waals surface area contributed by atoms with Gasteiger partial charge >= 0.3 is 68.9 Å². The van der Waals surface area contributed by atoms with Crippen molar-refractivity contribution in [3.63, 3.8) is 0 Å². The first-order chi connectivity index (χ1) is 4.22. The van der Waals surface area contributed by atoms with Crippen molar-refractivity contribution in [2.75, 3.05) is 13.2 Å². The van der Waals surface area contributed by atoms with Crippen LogP contribution in [0.2, 0.25) is 0 Å². The molecule has 0 radical (unpaired) electrons. The minimum absolute atomic E-state index is 0. The van der Waals surface area contributed by atoms with Crippen LogP contribution in [0, 0.1) is 5.92 Å². The molecule has 0 aliphatic rings. The summed E-state index contributed by atoms with van der Waals surface area (Å²) in [6, 6.07) is 0. The maximum Gasteiger partial charge on any atom is 1.00 e. The Labute approximate surface area is 118 Å². The molecule has 0 aromatic rings. The summed E-state index contributed by atoms with van der Waals surface area (Å²) in [5, 5.41) is 26.4. The van der Waals surface area contributed by atoms with Crippen molar-refractivity contribution in [1.82, 2.24) is 0 Å². The summed E-state index contributed by atoms with van der Waals surface area (Å²) in [7, 11) is 0. The van der Waals surface area contributed by atoms with Crippen LogP contribution < -0.4 is 74.0 Å². The van der Waals surface area contributed by atoms with Crippen molar-refractivity contribution in [2.24, 2.45) is 5.92 Å². The Morgan fingerprint density at radius 3 is 2.10 bits per heavy atom. The Morgan fingerprint density at radius 1 is 1.50 bits per heavy atom. The maximum atomic E-state index is 9.94. The van der Waals surface area contributed by atoms with Gasteiger partial charge in [-0.2, -0.15) is 0 Å². The zero-order valence-corrected chi connectivity index (χ0v) is 12.2. The Balaban J connectivity index is 0. The number of carboxylic acids is 1. The number of aliphatic hydroxyl groups is 2. The molecule has 0 aromatic carbocycles. The molecule has 4 nitrogen and oxygen atoms in total. The number of carbonyl (C=O) groups is 1. The summed E-state index contributed by atoms with van der Waals surface area (Å²) in [4.78, 5) is 9.94. The maximum absolute atomic E-state index is 9.94. The van der Waals surface area contributed by atoms with Crippen LogP contribution in [0.15, 0.2) is 0 Å². The molecule has 5 heteroatoms. The standard InChI is InChI=1S/C5H10O4.Cs/c6-2-1-4(3-7)5(8)9;/h4,6-7H,1-3H2,(H,8,9);/q;+1/p-1. The molecule has 0 saturated heterocycles. The fourth-order valence-electron chi connectivity index (χ4n) is 0.440. The number of aliphatic carboxylic acids is 1. The van der Waals surface area contributed by atoms with Gasteiger partial charge in [0.15, 0.2) is 0 Å². The molecule has 1 unspecified atom stereocenters. The van der Waals surface area contributed by atoms with E-state index in [0.717, 1.165) is 0 Å². The molecule has 54 valence electrons. The van der Waals surface area contributed by atoms with Crippen LogP contribution in [0.4, 0.5) is 0 Å². The summed E-state index contributed by atoms with van der Waals surface area (Å²) >= 11 is 0. The Bertz CT molecular complexity index is 95.6. The van der Waals surface area contributed by atoms with Crippen molar-refractivity contribution >= 4 is 5.97 Å². The first-order valence-electron chi connectivity index (χ1n) is 2.65. The molecule has 0 heterocycles. The average molecular weight is 266 g/mol. The molecule has 0 saturated carbocycles. The molecule has 0 aliphatic carbocycles. The van der Waals surface area contributed by atoms with E-state index in [1.54, 1.807) is 0 Å². The Kier molecular flexibility index (Phi) is 11.9. The van der Waals surface area contributed by atoms with Gasteiger partial charge in [0, 0.05) is 18.5 Å². The van der Waals surface area contributed by atoms with E-state index in [-0.39, 0.29) is 81.9 Å². The fourth-order valence-corrected chi connectivity index (χ4v) is 0.440. The second-order valence-corrected chi connectivity index (χ2v) is 1.71. The summed E-state index contributed by atoms with van der Waals surface area (Å²) in [6.45, 7) is -0.706. The topological polar surface area (TPSA) is 80.6 Å². The van der Waals surface area contributed by atoms with Gasteiger partial charge in [0.2, 0.25) is 0 Å². The van der Waals surface area contributed by atoms with Crippen LogP contribution in [0.25, 0.3) is 0 Å². The van der Waals surface area contributed by atoms with Crippen LogP contribution in [-0.2, 0) is 4.79 Å². The second-order valence-electron chi connectivity index (χ2n) is 1.71. The summed E-state index contributed by atoms with van der Waals surface area (Å²) in [5.74, 6) is -2.23. The van der Waals surface area contributed by atoms with E-state index in [2.05, 4.69) is 0 Å². The van der Waals surface area contributed by atoms with Crippen LogP contribution in [-0.4, -0.2) is 29.4 Å². The summed E-state index contributed by atoms with van der Waals surface area (Å²) in [5.41, 5.74) is 0. The van der Waals surface area contributed by atoms with Crippen molar-refractivity contribution in [3.8, 4) is 0 Å². The number of hydrogen-bond acceptors (Lipinski definition) is 4. The number of aliphatic hydroxyl groups excluding tert-OH is 2. The van der Waals surface area contributed by atoms with Gasteiger partial charge in [-0.1, -0.05) is 0 Å². The SMILES string of the molecule is O=C([O-])C(CO)CCO.[Cs+]. The predicted molar refractivity (Wildman–Crippen MR) is 27.3 cm³/mol. The minimum atomic E-state index is -1.31. The van der Waals surface area contributed by atoms with E-state index >= 15 is 0 Å². The van der Waals surface area contributed by atoms with E-state index in [1.165, 1.54) is 0 Å². The minimum Gasteiger partial charge on any atom is -0.550 e. The van der Waals surface area contributed by atoms with Crippen LogP contribution >= 0.6 is 0 Å². The number of carboxylic acid groups (broad SMARTS) is 1. The van der Waals surface area contributed by atoms with Gasteiger partial charge < -0.3 is 20.1 Å². The van der Waals surface area contributed by atoms with Crippen molar-refractivity contribution in [1.29, 1.82) is 0 Å². The molecule has 0 spiro atoms. The van der Waals surface area contributed by atoms with E-state index < -0.39 is 18.5 Å². The third-order valence-corrected chi connectivity index (χ3v) is 1.03. The second kappa shape index (κ2) is 8.54. The first kappa shape index (κ1) is 14.0. The molecule has 0 aliphatic heterocycles. The number of carbonyl (C=O) groups excluding carboxylic acids is 1. The Hall–Kier alpha value is 1.44. The van der Waals surface area contributed by atoms with Crippen molar-refractivity contribution < 1.29 is 89.0 Å². The first-order valence-corrected chi connectivity index (χ1v) is 2.65. The summed E-state index contributed by atoms with van der Waals surface area (Å²) in [6.07, 6.45) is 0.0544. The quantitative estimate of drug-likeness (QED) is 0.532. The molecule has 1 atom stereocenters. The van der Waals surface area contributed by atoms with Crippen LogP contribution in [0.3, 0.4) is 0 Å². The van der Waals surface area contributed by atoms with Gasteiger partial charge in [-0.15, -0.1) is 0 Å². The summed E-state index contributed by atoms with van der Waals surface area (Å²) < 4.78 is 0. The van der Waals surface area contributed by atoms with Crippen LogP contribution in [0.5, 0.6) is 0 Å². The molecule has 0 bridgehead atoms. The van der Waals surface area contributed by atoms with Gasteiger partial charge in [0.05, 0.1) is 6.61 Å². The third-order valence-electron chi connectivity index (χ3n) is 1.03. The van der Waals surface area contributed by atoms with Gasteiger partial charge in [-0.25, -0.2) is 0 Å². The van der Waals surface area contributed by atoms with E-state index in [0.29, 0.717) is 0 Å². The number of hydrogen-bond donors (Lipinski definition) is 2. The molecular weight excluding hydrogens is 257 g/mol.